The molecule has 3 heterocycles. The number of methoxy groups -OCH3 is 1. The van der Waals surface area contributed by atoms with Crippen molar-refractivity contribution in [3.63, 3.8) is 0 Å². The molecule has 0 spiro atoms. The maximum atomic E-state index is 12.3. The zero-order chi connectivity index (χ0) is 18.0. The third kappa shape index (κ3) is 3.32. The minimum absolute atomic E-state index is 0.180. The van der Waals surface area contributed by atoms with Crippen LogP contribution in [0, 0.1) is 0 Å². The van der Waals surface area contributed by atoms with Gasteiger partial charge in [0.25, 0.3) is 5.56 Å². The van der Waals surface area contributed by atoms with Crippen molar-refractivity contribution in [3.8, 4) is 0 Å². The Bertz CT molecular complexity index is 846. The third-order valence-corrected chi connectivity index (χ3v) is 4.72. The summed E-state index contributed by atoms with van der Waals surface area (Å²) in [6.45, 7) is 5.17. The van der Waals surface area contributed by atoms with Gasteiger partial charge in [-0.1, -0.05) is 0 Å². The Hall–Kier alpha value is -2.17. The average Bonchev–Trinajstić information content (AvgIpc) is 2.99. The summed E-state index contributed by atoms with van der Waals surface area (Å²) in [6.07, 6.45) is 0. The molecular formula is C15H25N6O4+. The molecule has 0 amide bonds. The molecule has 1 fully saturated rings. The van der Waals surface area contributed by atoms with Gasteiger partial charge in [0.05, 0.1) is 39.4 Å². The summed E-state index contributed by atoms with van der Waals surface area (Å²) < 4.78 is 8.35. The van der Waals surface area contributed by atoms with E-state index >= 15 is 0 Å². The number of anilines is 1. The van der Waals surface area contributed by atoms with Crippen LogP contribution >= 0.6 is 0 Å². The second kappa shape index (κ2) is 7.38. The fourth-order valence-electron chi connectivity index (χ4n) is 3.29. The molecule has 0 aliphatic carbocycles. The molecule has 138 valence electrons. The first-order valence-corrected chi connectivity index (χ1v) is 8.44. The van der Waals surface area contributed by atoms with Gasteiger partial charge in [-0.2, -0.15) is 4.98 Å². The zero-order valence-electron chi connectivity index (χ0n) is 14.6. The molecule has 3 rings (SSSR count). The number of aromatic amines is 1. The molecule has 1 aliphatic rings. The van der Waals surface area contributed by atoms with Crippen molar-refractivity contribution in [3.05, 3.63) is 20.8 Å². The average molecular weight is 353 g/mol. The number of hydrogen-bond donors (Lipinski definition) is 3. The molecule has 0 atom stereocenters. The number of aliphatic hydroxyl groups is 1. The number of fused-ring (bicyclic) bond motifs is 1. The second-order valence-electron chi connectivity index (χ2n) is 6.26. The van der Waals surface area contributed by atoms with E-state index in [1.54, 1.807) is 14.2 Å². The van der Waals surface area contributed by atoms with Gasteiger partial charge in [-0.05, 0) is 0 Å². The Kier molecular flexibility index (Phi) is 5.21. The van der Waals surface area contributed by atoms with Crippen LogP contribution in [-0.4, -0.2) is 77.3 Å². The normalized spacial score (nSPS) is 16.0. The Morgan fingerprint density at radius 2 is 2.04 bits per heavy atom. The molecule has 25 heavy (non-hydrogen) atoms. The van der Waals surface area contributed by atoms with Crippen molar-refractivity contribution >= 4 is 17.1 Å². The lowest BCUT2D eigenvalue weighted by molar-refractivity contribution is -0.900. The second-order valence-corrected chi connectivity index (χ2v) is 6.26. The first-order valence-electron chi connectivity index (χ1n) is 8.44. The number of aromatic nitrogens is 4. The van der Waals surface area contributed by atoms with E-state index in [0.717, 1.165) is 32.7 Å². The van der Waals surface area contributed by atoms with Crippen LogP contribution in [0.1, 0.15) is 0 Å². The first-order chi connectivity index (χ1) is 12.1. The predicted octanol–water partition coefficient (Wildman–Crippen LogP) is -3.23. The van der Waals surface area contributed by atoms with Gasteiger partial charge >= 0.3 is 5.69 Å². The van der Waals surface area contributed by atoms with Gasteiger partial charge in [0.1, 0.15) is 6.54 Å². The SMILES string of the molecule is COCCn1c(N2CC[NH+](CCO)CC2)nc2c1c(=O)[nH]c(=O)n2C. The van der Waals surface area contributed by atoms with Crippen molar-refractivity contribution < 1.29 is 14.7 Å². The minimum atomic E-state index is -0.474. The number of H-pyrrole nitrogens is 1. The predicted molar refractivity (Wildman–Crippen MR) is 92.3 cm³/mol. The van der Waals surface area contributed by atoms with E-state index in [-0.39, 0.29) is 6.61 Å². The Morgan fingerprint density at radius 3 is 2.68 bits per heavy atom. The number of ether oxygens (including phenoxy) is 1. The highest BCUT2D eigenvalue weighted by molar-refractivity contribution is 5.74. The highest BCUT2D eigenvalue weighted by Gasteiger charge is 2.26. The minimum Gasteiger partial charge on any atom is -0.391 e. The van der Waals surface area contributed by atoms with Gasteiger partial charge in [0, 0.05) is 20.7 Å². The molecule has 0 saturated carbocycles. The quantitative estimate of drug-likeness (QED) is 0.504. The molecule has 1 aliphatic heterocycles. The maximum Gasteiger partial charge on any atom is 0.329 e. The Morgan fingerprint density at radius 1 is 1.32 bits per heavy atom. The van der Waals surface area contributed by atoms with Crippen LogP contribution in [0.15, 0.2) is 9.59 Å². The van der Waals surface area contributed by atoms with Crippen molar-refractivity contribution in [1.82, 2.24) is 19.1 Å². The topological polar surface area (TPSA) is 110 Å². The summed E-state index contributed by atoms with van der Waals surface area (Å²) in [4.78, 5) is 34.6. The van der Waals surface area contributed by atoms with Crippen molar-refractivity contribution in [2.45, 2.75) is 6.54 Å². The van der Waals surface area contributed by atoms with Crippen LogP contribution in [0.2, 0.25) is 0 Å². The highest BCUT2D eigenvalue weighted by atomic mass is 16.5. The van der Waals surface area contributed by atoms with Crippen LogP contribution < -0.4 is 21.0 Å². The number of piperazine rings is 1. The van der Waals surface area contributed by atoms with E-state index < -0.39 is 11.2 Å². The smallest absolute Gasteiger partial charge is 0.329 e. The van der Waals surface area contributed by atoms with Crippen LogP contribution in [0.4, 0.5) is 5.95 Å². The largest absolute Gasteiger partial charge is 0.391 e. The monoisotopic (exact) mass is 353 g/mol. The lowest BCUT2D eigenvalue weighted by Gasteiger charge is -2.32. The van der Waals surface area contributed by atoms with Crippen LogP contribution in [0.5, 0.6) is 0 Å². The van der Waals surface area contributed by atoms with E-state index in [1.165, 1.54) is 9.47 Å². The standard InChI is InChI=1S/C15H24N6O4/c1-18-12-11(13(23)17-15(18)24)21(8-10-25-2)14(16-12)20-5-3-19(4-6-20)7-9-22/h22H,3-10H2,1-2H3,(H,17,23,24)/p+1. The van der Waals surface area contributed by atoms with Crippen molar-refractivity contribution in [1.29, 1.82) is 0 Å². The lowest BCUT2D eigenvalue weighted by atomic mass is 10.3. The van der Waals surface area contributed by atoms with Crippen LogP contribution in [0.25, 0.3) is 11.2 Å². The lowest BCUT2D eigenvalue weighted by Crippen LogP contribution is -3.15. The van der Waals surface area contributed by atoms with Gasteiger partial charge < -0.3 is 24.2 Å². The molecule has 2 aromatic rings. The number of nitrogens with zero attached hydrogens (tertiary/aromatic N) is 4. The van der Waals surface area contributed by atoms with Crippen molar-refractivity contribution in [2.75, 3.05) is 57.9 Å². The number of rotatable bonds is 6. The van der Waals surface area contributed by atoms with Crippen molar-refractivity contribution in [2.24, 2.45) is 7.05 Å². The van der Waals surface area contributed by atoms with E-state index in [9.17, 15) is 9.59 Å². The summed E-state index contributed by atoms with van der Waals surface area (Å²) in [7, 11) is 3.21. The van der Waals surface area contributed by atoms with Gasteiger partial charge in [0.2, 0.25) is 5.95 Å². The van der Waals surface area contributed by atoms with Gasteiger partial charge in [-0.25, -0.2) is 4.79 Å². The maximum absolute atomic E-state index is 12.3. The van der Waals surface area contributed by atoms with E-state index in [0.29, 0.717) is 30.3 Å². The highest BCUT2D eigenvalue weighted by Crippen LogP contribution is 2.19. The molecule has 0 bridgehead atoms. The summed E-state index contributed by atoms with van der Waals surface area (Å²) in [5.74, 6) is 0.682. The number of imidazole rings is 1. The van der Waals surface area contributed by atoms with Gasteiger partial charge in [-0.3, -0.25) is 14.3 Å². The molecule has 10 nitrogen and oxygen atoms in total. The number of nitrogens with one attached hydrogen (secondary N) is 2. The molecule has 0 radical (unpaired) electrons. The Labute approximate surface area is 144 Å². The summed E-state index contributed by atoms with van der Waals surface area (Å²) in [5.41, 5.74) is -0.139. The molecule has 0 aromatic carbocycles. The molecule has 2 aromatic heterocycles. The van der Waals surface area contributed by atoms with E-state index in [4.69, 9.17) is 9.84 Å². The number of quaternary nitrogens is 1. The molecule has 1 saturated heterocycles. The molecule has 0 unspecified atom stereocenters. The third-order valence-electron chi connectivity index (χ3n) is 4.72. The first kappa shape index (κ1) is 17.6. The van der Waals surface area contributed by atoms with E-state index in [1.807, 2.05) is 4.57 Å². The molecule has 3 N–H and O–H groups in total. The number of aryl methyl sites for hydroxylation is 1. The van der Waals surface area contributed by atoms with Crippen LogP contribution in [-0.2, 0) is 18.3 Å². The zero-order valence-corrected chi connectivity index (χ0v) is 14.6. The number of aliphatic hydroxyl groups excluding tert-OH is 1. The fourth-order valence-corrected chi connectivity index (χ4v) is 3.29. The van der Waals surface area contributed by atoms with E-state index in [2.05, 4.69) is 14.9 Å². The Balaban J connectivity index is 2.02. The molecule has 10 heteroatoms. The summed E-state index contributed by atoms with van der Waals surface area (Å²) in [5, 5.41) is 9.09. The summed E-state index contributed by atoms with van der Waals surface area (Å²) in [6, 6.07) is 0. The van der Waals surface area contributed by atoms with Gasteiger partial charge in [-0.15, -0.1) is 0 Å². The summed E-state index contributed by atoms with van der Waals surface area (Å²) >= 11 is 0. The van der Waals surface area contributed by atoms with Crippen LogP contribution in [0.3, 0.4) is 0 Å². The molecular weight excluding hydrogens is 328 g/mol. The number of hydrogen-bond acceptors (Lipinski definition) is 6. The fraction of sp³-hybridized carbons (Fsp3) is 0.667. The van der Waals surface area contributed by atoms with Gasteiger partial charge in [0.15, 0.2) is 11.2 Å².